The molecule has 86 valence electrons. The van der Waals surface area contributed by atoms with Gasteiger partial charge in [0.25, 0.3) is 0 Å². The van der Waals surface area contributed by atoms with Crippen molar-refractivity contribution in [3.05, 3.63) is 22.0 Å². The summed E-state index contributed by atoms with van der Waals surface area (Å²) in [6.45, 7) is 4.25. The summed E-state index contributed by atoms with van der Waals surface area (Å²) >= 11 is 7.39. The second-order valence-corrected chi connectivity index (χ2v) is 5.35. The van der Waals surface area contributed by atoms with Crippen molar-refractivity contribution in [2.24, 2.45) is 0 Å². The molecule has 0 bridgehead atoms. The van der Waals surface area contributed by atoms with Gasteiger partial charge in [0.15, 0.2) is 0 Å². The van der Waals surface area contributed by atoms with Crippen LogP contribution >= 0.6 is 22.9 Å². The lowest BCUT2D eigenvalue weighted by Gasteiger charge is -2.07. The standard InChI is InChI=1S/C11H14ClN3S/c1-3-7(2)15-5-9(13)11(14-15)8-4-10(12)16-6-8/h4-7H,3,13H2,1-2H3. The zero-order valence-electron chi connectivity index (χ0n) is 9.27. The van der Waals surface area contributed by atoms with Gasteiger partial charge in [0.1, 0.15) is 5.69 Å². The Balaban J connectivity index is 2.39. The summed E-state index contributed by atoms with van der Waals surface area (Å²) in [5, 5.41) is 6.48. The minimum absolute atomic E-state index is 0.366. The molecule has 0 aliphatic carbocycles. The molecule has 2 N–H and O–H groups in total. The average Bonchev–Trinajstić information content (AvgIpc) is 2.83. The number of halogens is 1. The second kappa shape index (κ2) is 4.47. The van der Waals surface area contributed by atoms with Gasteiger partial charge in [0.05, 0.1) is 10.0 Å². The molecule has 1 atom stereocenters. The fourth-order valence-electron chi connectivity index (χ4n) is 1.48. The first kappa shape index (κ1) is 11.5. The summed E-state index contributed by atoms with van der Waals surface area (Å²) < 4.78 is 2.67. The van der Waals surface area contributed by atoms with E-state index in [0.29, 0.717) is 11.7 Å². The molecule has 1 unspecified atom stereocenters. The lowest BCUT2D eigenvalue weighted by atomic mass is 10.2. The van der Waals surface area contributed by atoms with Crippen LogP contribution in [0.25, 0.3) is 11.3 Å². The van der Waals surface area contributed by atoms with Crippen LogP contribution in [0, 0.1) is 0 Å². The van der Waals surface area contributed by atoms with Crippen molar-refractivity contribution in [2.45, 2.75) is 26.3 Å². The molecular weight excluding hydrogens is 242 g/mol. The largest absolute Gasteiger partial charge is 0.396 e. The molecule has 0 aliphatic rings. The highest BCUT2D eigenvalue weighted by Crippen LogP contribution is 2.31. The minimum atomic E-state index is 0.366. The average molecular weight is 256 g/mol. The van der Waals surface area contributed by atoms with Gasteiger partial charge in [-0.2, -0.15) is 5.10 Å². The quantitative estimate of drug-likeness (QED) is 0.906. The molecule has 0 amide bonds. The molecule has 2 aromatic heterocycles. The third-order valence-corrected chi connectivity index (χ3v) is 3.73. The predicted octanol–water partition coefficient (Wildman–Crippen LogP) is 3.82. The number of nitrogens with zero attached hydrogens (tertiary/aromatic N) is 2. The van der Waals surface area contributed by atoms with Crippen LogP contribution in [-0.4, -0.2) is 9.78 Å². The van der Waals surface area contributed by atoms with Crippen molar-refractivity contribution in [1.82, 2.24) is 9.78 Å². The summed E-state index contributed by atoms with van der Waals surface area (Å²) in [7, 11) is 0. The van der Waals surface area contributed by atoms with Gasteiger partial charge in [-0.1, -0.05) is 18.5 Å². The molecular formula is C11H14ClN3S. The van der Waals surface area contributed by atoms with Crippen LogP contribution in [0.5, 0.6) is 0 Å². The third-order valence-electron chi connectivity index (χ3n) is 2.64. The van der Waals surface area contributed by atoms with Crippen LogP contribution in [0.1, 0.15) is 26.3 Å². The fourth-order valence-corrected chi connectivity index (χ4v) is 2.34. The SMILES string of the molecule is CCC(C)n1cc(N)c(-c2csc(Cl)c2)n1. The number of hydrogen-bond donors (Lipinski definition) is 1. The van der Waals surface area contributed by atoms with Crippen molar-refractivity contribution in [1.29, 1.82) is 0 Å². The molecule has 0 aliphatic heterocycles. The Morgan fingerprint density at radius 2 is 2.38 bits per heavy atom. The first-order valence-corrected chi connectivity index (χ1v) is 6.46. The summed E-state index contributed by atoms with van der Waals surface area (Å²) in [6.07, 6.45) is 2.92. The summed E-state index contributed by atoms with van der Waals surface area (Å²) in [4.78, 5) is 0. The molecule has 0 spiro atoms. The van der Waals surface area contributed by atoms with E-state index in [0.717, 1.165) is 22.0 Å². The maximum Gasteiger partial charge on any atom is 0.116 e. The van der Waals surface area contributed by atoms with Crippen LogP contribution in [0.3, 0.4) is 0 Å². The maximum atomic E-state index is 5.95. The van der Waals surface area contributed by atoms with Crippen molar-refractivity contribution in [3.63, 3.8) is 0 Å². The molecule has 0 saturated heterocycles. The fraction of sp³-hybridized carbons (Fsp3) is 0.364. The Hall–Kier alpha value is -1.00. The topological polar surface area (TPSA) is 43.8 Å². The van der Waals surface area contributed by atoms with Gasteiger partial charge in [-0.05, 0) is 19.4 Å². The number of nitrogen functional groups attached to an aromatic ring is 1. The lowest BCUT2D eigenvalue weighted by Crippen LogP contribution is -2.03. The minimum Gasteiger partial charge on any atom is -0.396 e. The van der Waals surface area contributed by atoms with Crippen molar-refractivity contribution in [3.8, 4) is 11.3 Å². The van der Waals surface area contributed by atoms with E-state index in [9.17, 15) is 0 Å². The van der Waals surface area contributed by atoms with Crippen molar-refractivity contribution >= 4 is 28.6 Å². The van der Waals surface area contributed by atoms with E-state index in [1.807, 2.05) is 22.3 Å². The molecule has 0 saturated carbocycles. The highest BCUT2D eigenvalue weighted by atomic mass is 35.5. The molecule has 0 fully saturated rings. The van der Waals surface area contributed by atoms with E-state index >= 15 is 0 Å². The van der Waals surface area contributed by atoms with Gasteiger partial charge < -0.3 is 5.73 Å². The highest BCUT2D eigenvalue weighted by Gasteiger charge is 2.12. The Labute approximate surface area is 104 Å². The van der Waals surface area contributed by atoms with Gasteiger partial charge in [0, 0.05) is 23.2 Å². The van der Waals surface area contributed by atoms with Crippen molar-refractivity contribution in [2.75, 3.05) is 5.73 Å². The number of aromatic nitrogens is 2. The summed E-state index contributed by atoms with van der Waals surface area (Å²) in [6, 6.07) is 2.26. The van der Waals surface area contributed by atoms with Gasteiger partial charge in [0.2, 0.25) is 0 Å². The van der Waals surface area contributed by atoms with Crippen LogP contribution < -0.4 is 5.73 Å². The number of thiophene rings is 1. The van der Waals surface area contributed by atoms with Gasteiger partial charge in [-0.15, -0.1) is 11.3 Å². The van der Waals surface area contributed by atoms with Crippen molar-refractivity contribution < 1.29 is 0 Å². The van der Waals surface area contributed by atoms with E-state index in [1.54, 1.807) is 0 Å². The van der Waals surface area contributed by atoms with Crippen LogP contribution in [0.15, 0.2) is 17.6 Å². The normalized spacial score (nSPS) is 12.9. The first-order chi connectivity index (χ1) is 7.61. The van der Waals surface area contributed by atoms with E-state index < -0.39 is 0 Å². The smallest absolute Gasteiger partial charge is 0.116 e. The van der Waals surface area contributed by atoms with E-state index in [1.165, 1.54) is 11.3 Å². The third kappa shape index (κ3) is 2.08. The first-order valence-electron chi connectivity index (χ1n) is 5.20. The lowest BCUT2D eigenvalue weighted by molar-refractivity contribution is 0.479. The number of nitrogens with two attached hydrogens (primary N) is 1. The zero-order chi connectivity index (χ0) is 11.7. The van der Waals surface area contributed by atoms with Gasteiger partial charge in [-0.25, -0.2) is 0 Å². The molecule has 5 heteroatoms. The Morgan fingerprint density at radius 3 is 2.94 bits per heavy atom. The molecule has 0 aromatic carbocycles. The van der Waals surface area contributed by atoms with E-state index in [2.05, 4.69) is 18.9 Å². The van der Waals surface area contributed by atoms with E-state index in [-0.39, 0.29) is 0 Å². The van der Waals surface area contributed by atoms with Crippen LogP contribution in [-0.2, 0) is 0 Å². The predicted molar refractivity (Wildman–Crippen MR) is 70.0 cm³/mol. The van der Waals surface area contributed by atoms with E-state index in [4.69, 9.17) is 17.3 Å². The monoisotopic (exact) mass is 255 g/mol. The maximum absolute atomic E-state index is 5.95. The zero-order valence-corrected chi connectivity index (χ0v) is 10.8. The van der Waals surface area contributed by atoms with Gasteiger partial charge in [-0.3, -0.25) is 4.68 Å². The molecule has 16 heavy (non-hydrogen) atoms. The van der Waals surface area contributed by atoms with Crippen LogP contribution in [0.2, 0.25) is 4.34 Å². The second-order valence-electron chi connectivity index (χ2n) is 3.81. The van der Waals surface area contributed by atoms with Gasteiger partial charge >= 0.3 is 0 Å². The molecule has 2 aromatic rings. The molecule has 2 rings (SSSR count). The summed E-state index contributed by atoms with van der Waals surface area (Å²) in [5.41, 5.74) is 8.47. The number of rotatable bonds is 3. The molecule has 2 heterocycles. The Bertz CT molecular complexity index is 489. The molecule has 3 nitrogen and oxygen atoms in total. The summed E-state index contributed by atoms with van der Waals surface area (Å²) in [5.74, 6) is 0. The van der Waals surface area contributed by atoms with Crippen LogP contribution in [0.4, 0.5) is 5.69 Å². The Morgan fingerprint density at radius 1 is 1.62 bits per heavy atom. The molecule has 0 radical (unpaired) electrons. The highest BCUT2D eigenvalue weighted by molar-refractivity contribution is 7.14. The number of anilines is 1. The number of hydrogen-bond acceptors (Lipinski definition) is 3. The Kier molecular flexibility index (Phi) is 3.21.